The van der Waals surface area contributed by atoms with E-state index in [-0.39, 0.29) is 11.1 Å². The normalized spacial score (nSPS) is 13.9. The zero-order valence-corrected chi connectivity index (χ0v) is 26.1. The lowest BCUT2D eigenvalue weighted by Gasteiger charge is -2.43. The van der Waals surface area contributed by atoms with Crippen molar-refractivity contribution in [3.05, 3.63) is 95.0 Å². The predicted molar refractivity (Wildman–Crippen MR) is 164 cm³/mol. The van der Waals surface area contributed by atoms with Crippen LogP contribution in [0, 0.1) is 11.8 Å². The van der Waals surface area contributed by atoms with Gasteiger partial charge in [-0.3, -0.25) is 0 Å². The maximum Gasteiger partial charge on any atom is 0.261 e. The highest BCUT2D eigenvalue weighted by molar-refractivity contribution is 9.10. The molecular weight excluding hydrogens is 558 g/mol. The van der Waals surface area contributed by atoms with Gasteiger partial charge in [0.1, 0.15) is 10.8 Å². The molecule has 3 aromatic rings. The van der Waals surface area contributed by atoms with E-state index in [1.54, 1.807) is 0 Å². The molecule has 2 atom stereocenters. The Labute approximate surface area is 236 Å². The predicted octanol–water partition coefficient (Wildman–Crippen LogP) is 6.19. The molecule has 0 aliphatic rings. The Kier molecular flexibility index (Phi) is 10.3. The molecule has 0 heterocycles. The monoisotopic (exact) mass is 595 g/mol. The molecule has 3 rings (SSSR count). The first-order valence-electron chi connectivity index (χ1n) is 12.6. The van der Waals surface area contributed by atoms with Gasteiger partial charge < -0.3 is 8.98 Å². The summed E-state index contributed by atoms with van der Waals surface area (Å²) in [6.45, 7) is 13.2. The van der Waals surface area contributed by atoms with Crippen LogP contribution in [0.25, 0.3) is 0 Å². The summed E-state index contributed by atoms with van der Waals surface area (Å²) in [5, 5.41) is 2.39. The van der Waals surface area contributed by atoms with Crippen LogP contribution in [-0.4, -0.2) is 30.3 Å². The number of halogens is 1. The molecule has 0 aromatic heterocycles. The van der Waals surface area contributed by atoms with E-state index in [1.165, 1.54) is 10.4 Å². The molecule has 1 unspecified atom stereocenters. The lowest BCUT2D eigenvalue weighted by atomic mass is 10.2. The number of hydrogen-bond donors (Lipinski definition) is 1. The SMILES string of the molecule is CC(C)(C)[S@@+]([O-])NC(C#Cc1cccc(Br)c1)CCO[Si](c1ccccc1)(c1ccccc1)C(C)(C)C. The van der Waals surface area contributed by atoms with Crippen molar-refractivity contribution in [1.29, 1.82) is 0 Å². The molecule has 0 saturated carbocycles. The third-order valence-corrected chi connectivity index (χ3v) is 13.3. The summed E-state index contributed by atoms with van der Waals surface area (Å²) < 4.78 is 23.9. The van der Waals surface area contributed by atoms with E-state index in [9.17, 15) is 4.55 Å². The van der Waals surface area contributed by atoms with E-state index >= 15 is 0 Å². The largest absolute Gasteiger partial charge is 0.598 e. The first-order chi connectivity index (χ1) is 17.4. The molecule has 0 amide bonds. The van der Waals surface area contributed by atoms with Crippen LogP contribution in [0.2, 0.25) is 5.04 Å². The lowest BCUT2D eigenvalue weighted by Crippen LogP contribution is -2.66. The minimum absolute atomic E-state index is 0.102. The maximum atomic E-state index is 13.0. The molecular formula is C31H38BrNO2SSi. The summed E-state index contributed by atoms with van der Waals surface area (Å²) in [6, 6.07) is 28.9. The Bertz CT molecular complexity index is 1160. The van der Waals surface area contributed by atoms with Gasteiger partial charge in [0.15, 0.2) is 0 Å². The minimum Gasteiger partial charge on any atom is -0.598 e. The Morgan fingerprint density at radius 1 is 0.892 bits per heavy atom. The highest BCUT2D eigenvalue weighted by Gasteiger charge is 2.50. The van der Waals surface area contributed by atoms with Gasteiger partial charge in [-0.25, -0.2) is 0 Å². The molecule has 0 aliphatic heterocycles. The molecule has 0 saturated heterocycles. The van der Waals surface area contributed by atoms with Gasteiger partial charge in [-0.15, -0.1) is 4.72 Å². The Hall–Kier alpha value is -1.85. The molecule has 196 valence electrons. The fraction of sp³-hybridized carbons (Fsp3) is 0.355. The highest BCUT2D eigenvalue weighted by atomic mass is 79.9. The quantitative estimate of drug-likeness (QED) is 0.192. The van der Waals surface area contributed by atoms with E-state index in [2.05, 4.69) is 114 Å². The van der Waals surface area contributed by atoms with Crippen molar-refractivity contribution >= 4 is 46.0 Å². The second-order valence-electron chi connectivity index (χ2n) is 11.1. The van der Waals surface area contributed by atoms with Crippen LogP contribution in [0.4, 0.5) is 0 Å². The van der Waals surface area contributed by atoms with E-state index < -0.39 is 24.4 Å². The first-order valence-corrected chi connectivity index (χ1v) is 16.5. The molecule has 0 aliphatic carbocycles. The maximum absolute atomic E-state index is 13.0. The van der Waals surface area contributed by atoms with E-state index in [0.717, 1.165) is 10.0 Å². The standard InChI is InChI=1S/C31H38BrNO2SSi/c1-30(2,3)36(34)33-27(21-20-25-14-13-15-26(32)24-25)22-23-35-37(31(4,5)6,28-16-9-7-10-17-28)29-18-11-8-12-19-29/h7-19,24,27,33H,22-23H2,1-6H3/t27?,36-/m1/s1. The van der Waals surface area contributed by atoms with Crippen molar-refractivity contribution in [2.75, 3.05) is 6.61 Å². The average Bonchev–Trinajstić information content (AvgIpc) is 2.84. The van der Waals surface area contributed by atoms with Crippen LogP contribution in [0.15, 0.2) is 89.4 Å². The number of rotatable bonds is 8. The molecule has 3 aromatic carbocycles. The van der Waals surface area contributed by atoms with Gasteiger partial charge in [-0.05, 0) is 54.4 Å². The highest BCUT2D eigenvalue weighted by Crippen LogP contribution is 2.36. The number of hydrogen-bond acceptors (Lipinski definition) is 3. The Morgan fingerprint density at radius 3 is 1.95 bits per heavy atom. The third-order valence-electron chi connectivity index (χ3n) is 6.16. The van der Waals surface area contributed by atoms with Gasteiger partial charge in [0, 0.05) is 34.4 Å². The van der Waals surface area contributed by atoms with Crippen molar-refractivity contribution in [2.45, 2.75) is 63.8 Å². The van der Waals surface area contributed by atoms with Crippen molar-refractivity contribution in [2.24, 2.45) is 0 Å². The van der Waals surface area contributed by atoms with Gasteiger partial charge in [-0.1, -0.05) is 115 Å². The number of nitrogens with one attached hydrogen (secondary N) is 1. The van der Waals surface area contributed by atoms with E-state index in [0.29, 0.717) is 13.0 Å². The van der Waals surface area contributed by atoms with Gasteiger partial charge in [0.05, 0.1) is 0 Å². The second-order valence-corrected chi connectivity index (χ2v) is 18.4. The van der Waals surface area contributed by atoms with Crippen molar-refractivity contribution in [1.82, 2.24) is 4.72 Å². The molecule has 3 nitrogen and oxygen atoms in total. The van der Waals surface area contributed by atoms with E-state index in [1.807, 2.05) is 45.0 Å². The van der Waals surface area contributed by atoms with Gasteiger partial charge >= 0.3 is 0 Å². The smallest absolute Gasteiger partial charge is 0.261 e. The fourth-order valence-electron chi connectivity index (χ4n) is 4.29. The average molecular weight is 597 g/mol. The van der Waals surface area contributed by atoms with Crippen molar-refractivity contribution in [3.63, 3.8) is 0 Å². The van der Waals surface area contributed by atoms with Crippen LogP contribution < -0.4 is 15.1 Å². The summed E-state index contributed by atoms with van der Waals surface area (Å²) in [5.41, 5.74) is 0.913. The summed E-state index contributed by atoms with van der Waals surface area (Å²) in [4.78, 5) is 0. The number of benzene rings is 3. The summed E-state index contributed by atoms with van der Waals surface area (Å²) in [5.74, 6) is 6.59. The van der Waals surface area contributed by atoms with Crippen LogP contribution >= 0.6 is 15.9 Å². The van der Waals surface area contributed by atoms with Gasteiger partial charge in [0.25, 0.3) is 8.32 Å². The Balaban J connectivity index is 1.93. The fourth-order valence-corrected chi connectivity index (χ4v) is 10.1. The van der Waals surface area contributed by atoms with Crippen LogP contribution in [0.1, 0.15) is 53.5 Å². The molecule has 37 heavy (non-hydrogen) atoms. The third kappa shape index (κ3) is 7.83. The molecule has 1 N–H and O–H groups in total. The van der Waals surface area contributed by atoms with Gasteiger partial charge in [-0.2, -0.15) is 0 Å². The molecule has 0 spiro atoms. The Morgan fingerprint density at radius 2 is 1.46 bits per heavy atom. The van der Waals surface area contributed by atoms with Crippen LogP contribution in [0.3, 0.4) is 0 Å². The molecule has 6 heteroatoms. The van der Waals surface area contributed by atoms with Gasteiger partial charge in [0.2, 0.25) is 0 Å². The van der Waals surface area contributed by atoms with E-state index in [4.69, 9.17) is 4.43 Å². The van der Waals surface area contributed by atoms with Crippen LogP contribution in [-0.2, 0) is 15.8 Å². The second kappa shape index (κ2) is 12.8. The zero-order chi connectivity index (χ0) is 27.1. The summed E-state index contributed by atoms with van der Waals surface area (Å²) in [7, 11) is -2.65. The first kappa shape index (κ1) is 29.7. The van der Waals surface area contributed by atoms with Crippen LogP contribution in [0.5, 0.6) is 0 Å². The summed E-state index contributed by atoms with van der Waals surface area (Å²) in [6.07, 6.45) is 0.618. The summed E-state index contributed by atoms with van der Waals surface area (Å²) >= 11 is 2.27. The lowest BCUT2D eigenvalue weighted by molar-refractivity contribution is 0.285. The minimum atomic E-state index is -2.65. The molecule has 0 bridgehead atoms. The zero-order valence-electron chi connectivity index (χ0n) is 22.7. The molecule has 0 fully saturated rings. The molecule has 0 radical (unpaired) electrons. The topological polar surface area (TPSA) is 44.3 Å². The van der Waals surface area contributed by atoms with Crippen molar-refractivity contribution < 1.29 is 8.98 Å². The van der Waals surface area contributed by atoms with Crippen molar-refractivity contribution in [3.8, 4) is 11.8 Å².